The molecule has 1 aromatic carbocycles. The van der Waals surface area contributed by atoms with Gasteiger partial charge < -0.3 is 4.57 Å². The third kappa shape index (κ3) is 4.10. The van der Waals surface area contributed by atoms with E-state index in [0.717, 1.165) is 16.6 Å². The number of benzene rings is 1. The Balaban J connectivity index is 2.05. The maximum atomic E-state index is 13.4. The van der Waals surface area contributed by atoms with E-state index in [1.807, 2.05) is 47.5 Å². The molecule has 0 unspecified atom stereocenters. The van der Waals surface area contributed by atoms with E-state index in [1.165, 1.54) is 27.8 Å². The summed E-state index contributed by atoms with van der Waals surface area (Å²) in [4.78, 5) is 11.4. The first-order chi connectivity index (χ1) is 12.8. The third-order valence-electron chi connectivity index (χ3n) is 4.30. The molecule has 0 bridgehead atoms. The van der Waals surface area contributed by atoms with Crippen LogP contribution in [0.2, 0.25) is 0 Å². The Labute approximate surface area is 161 Å². The van der Waals surface area contributed by atoms with Crippen LogP contribution in [0.3, 0.4) is 0 Å². The minimum atomic E-state index is -3.93. The van der Waals surface area contributed by atoms with Crippen molar-refractivity contribution < 1.29 is 13.3 Å². The Bertz CT molecular complexity index is 1060. The molecule has 0 N–H and O–H groups in total. The Hall–Kier alpha value is -2.49. The second-order valence-corrected chi connectivity index (χ2v) is 9.11. The van der Waals surface area contributed by atoms with Crippen LogP contribution in [0, 0.1) is 17.0 Å². The number of aromatic nitrogens is 1. The van der Waals surface area contributed by atoms with Gasteiger partial charge >= 0.3 is 0 Å². The first-order valence-electron chi connectivity index (χ1n) is 8.17. The summed E-state index contributed by atoms with van der Waals surface area (Å²) in [6.45, 7) is 2.02. The van der Waals surface area contributed by atoms with E-state index in [1.54, 1.807) is 6.92 Å². The molecule has 0 fully saturated rings. The molecule has 0 saturated heterocycles. The third-order valence-corrected chi connectivity index (χ3v) is 7.10. The van der Waals surface area contributed by atoms with Gasteiger partial charge in [-0.05, 0) is 36.1 Å². The van der Waals surface area contributed by atoms with Crippen molar-refractivity contribution in [3.05, 3.63) is 80.3 Å². The molecule has 0 amide bonds. The van der Waals surface area contributed by atoms with E-state index in [9.17, 15) is 18.5 Å². The van der Waals surface area contributed by atoms with Gasteiger partial charge in [-0.25, -0.2) is 8.42 Å². The molecule has 27 heavy (non-hydrogen) atoms. The minimum Gasteiger partial charge on any atom is -0.353 e. The first kappa shape index (κ1) is 19.3. The zero-order valence-electron chi connectivity index (χ0n) is 14.9. The monoisotopic (exact) mass is 405 g/mol. The molecule has 0 spiro atoms. The van der Waals surface area contributed by atoms with Crippen molar-refractivity contribution in [2.45, 2.75) is 24.9 Å². The fraction of sp³-hybridized carbons (Fsp3) is 0.222. The maximum Gasteiger partial charge on any atom is 0.270 e. The van der Waals surface area contributed by atoms with Crippen LogP contribution < -0.4 is 0 Å². The molecular weight excluding hydrogens is 386 g/mol. The van der Waals surface area contributed by atoms with Crippen molar-refractivity contribution in [3.8, 4) is 0 Å². The average Bonchev–Trinajstić information content (AvgIpc) is 3.26. The average molecular weight is 406 g/mol. The number of hydrogen-bond donors (Lipinski definition) is 0. The van der Waals surface area contributed by atoms with Gasteiger partial charge in [0.25, 0.3) is 5.69 Å². The number of nitro groups is 1. The molecule has 2 heterocycles. The molecular formula is C18H19N3O4S2. The van der Waals surface area contributed by atoms with E-state index < -0.39 is 14.9 Å². The van der Waals surface area contributed by atoms with E-state index in [0.29, 0.717) is 5.56 Å². The second kappa shape index (κ2) is 7.63. The molecule has 0 radical (unpaired) electrons. The van der Waals surface area contributed by atoms with Gasteiger partial charge in [0.1, 0.15) is 0 Å². The predicted molar refractivity (Wildman–Crippen MR) is 104 cm³/mol. The summed E-state index contributed by atoms with van der Waals surface area (Å²) in [5, 5.41) is 13.0. The Morgan fingerprint density at radius 1 is 1.19 bits per heavy atom. The maximum absolute atomic E-state index is 13.4. The van der Waals surface area contributed by atoms with Gasteiger partial charge in [-0.15, -0.1) is 11.3 Å². The molecule has 0 atom stereocenters. The van der Waals surface area contributed by atoms with Crippen molar-refractivity contribution >= 4 is 27.0 Å². The lowest BCUT2D eigenvalue weighted by molar-refractivity contribution is -0.385. The molecule has 9 heteroatoms. The van der Waals surface area contributed by atoms with Crippen LogP contribution in [-0.2, 0) is 30.2 Å². The lowest BCUT2D eigenvalue weighted by Gasteiger charge is -2.23. The summed E-state index contributed by atoms with van der Waals surface area (Å²) in [7, 11) is -2.08. The van der Waals surface area contributed by atoms with Gasteiger partial charge in [0.2, 0.25) is 10.0 Å². The minimum absolute atomic E-state index is 0.0394. The van der Waals surface area contributed by atoms with E-state index in [4.69, 9.17) is 0 Å². The van der Waals surface area contributed by atoms with Crippen molar-refractivity contribution in [1.82, 2.24) is 8.87 Å². The van der Waals surface area contributed by atoms with Crippen molar-refractivity contribution in [3.63, 3.8) is 0 Å². The molecule has 142 valence electrons. The first-order valence-corrected chi connectivity index (χ1v) is 10.5. The smallest absolute Gasteiger partial charge is 0.270 e. The SMILES string of the molecule is Cc1ccc([N+](=O)[O-])cc1S(=O)(=O)N(Cc1cccs1)Cc1cccn1C. The van der Waals surface area contributed by atoms with Gasteiger partial charge in [-0.2, -0.15) is 4.31 Å². The largest absolute Gasteiger partial charge is 0.353 e. The zero-order valence-corrected chi connectivity index (χ0v) is 16.5. The van der Waals surface area contributed by atoms with Gasteiger partial charge in [0.15, 0.2) is 0 Å². The van der Waals surface area contributed by atoms with Crippen LogP contribution in [0.4, 0.5) is 5.69 Å². The summed E-state index contributed by atoms with van der Waals surface area (Å²) < 4.78 is 30.0. The Morgan fingerprint density at radius 3 is 2.56 bits per heavy atom. The van der Waals surface area contributed by atoms with Crippen molar-refractivity contribution in [1.29, 1.82) is 0 Å². The number of non-ortho nitro benzene ring substituents is 1. The number of nitro benzene ring substituents is 1. The molecule has 0 aliphatic rings. The predicted octanol–water partition coefficient (Wildman–Crippen LogP) is 3.69. The second-order valence-electron chi connectivity index (χ2n) is 6.17. The molecule has 3 aromatic rings. The lowest BCUT2D eigenvalue weighted by atomic mass is 10.2. The highest BCUT2D eigenvalue weighted by molar-refractivity contribution is 7.89. The van der Waals surface area contributed by atoms with Crippen LogP contribution >= 0.6 is 11.3 Å². The number of aryl methyl sites for hydroxylation is 2. The van der Waals surface area contributed by atoms with Crippen molar-refractivity contribution in [2.75, 3.05) is 0 Å². The molecule has 3 rings (SSSR count). The standard InChI is InChI=1S/C18H19N3O4S2/c1-14-7-8-15(21(22)23)11-18(14)27(24,25)20(13-17-6-4-10-26-17)12-16-5-3-9-19(16)2/h3-11H,12-13H2,1-2H3. The van der Waals surface area contributed by atoms with Gasteiger partial charge in [-0.3, -0.25) is 10.1 Å². The van der Waals surface area contributed by atoms with Gasteiger partial charge in [0, 0.05) is 42.5 Å². The van der Waals surface area contributed by atoms with Crippen LogP contribution in [0.15, 0.2) is 58.9 Å². The molecule has 0 aliphatic carbocycles. The fourth-order valence-corrected chi connectivity index (χ4v) is 5.20. The quantitative estimate of drug-likeness (QED) is 0.443. The number of hydrogen-bond acceptors (Lipinski definition) is 5. The van der Waals surface area contributed by atoms with Crippen molar-refractivity contribution in [2.24, 2.45) is 7.05 Å². The normalized spacial score (nSPS) is 11.8. The van der Waals surface area contributed by atoms with E-state index >= 15 is 0 Å². The van der Waals surface area contributed by atoms with Crippen LogP contribution in [0.5, 0.6) is 0 Å². The molecule has 0 aliphatic heterocycles. The highest BCUT2D eigenvalue weighted by Gasteiger charge is 2.29. The summed E-state index contributed by atoms with van der Waals surface area (Å²) in [5.41, 5.74) is 1.07. The summed E-state index contributed by atoms with van der Waals surface area (Å²) in [6.07, 6.45) is 1.85. The topological polar surface area (TPSA) is 85.4 Å². The Kier molecular flexibility index (Phi) is 5.45. The highest BCUT2D eigenvalue weighted by Crippen LogP contribution is 2.28. The summed E-state index contributed by atoms with van der Waals surface area (Å²) in [6, 6.07) is 11.4. The number of thiophene rings is 1. The number of nitrogens with zero attached hydrogens (tertiary/aromatic N) is 3. The van der Waals surface area contributed by atoms with Crippen LogP contribution in [0.25, 0.3) is 0 Å². The van der Waals surface area contributed by atoms with E-state index in [2.05, 4.69) is 0 Å². The molecule has 0 saturated carbocycles. The highest BCUT2D eigenvalue weighted by atomic mass is 32.2. The summed E-state index contributed by atoms with van der Waals surface area (Å²) in [5.74, 6) is 0. The molecule has 2 aromatic heterocycles. The van der Waals surface area contributed by atoms with Gasteiger partial charge in [-0.1, -0.05) is 12.1 Å². The Morgan fingerprint density at radius 2 is 1.96 bits per heavy atom. The molecule has 7 nitrogen and oxygen atoms in total. The lowest BCUT2D eigenvalue weighted by Crippen LogP contribution is -2.31. The fourth-order valence-electron chi connectivity index (χ4n) is 2.76. The van der Waals surface area contributed by atoms with E-state index in [-0.39, 0.29) is 23.7 Å². The van der Waals surface area contributed by atoms with Crippen LogP contribution in [-0.4, -0.2) is 22.2 Å². The number of rotatable bonds is 7. The summed E-state index contributed by atoms with van der Waals surface area (Å²) >= 11 is 1.47. The van der Waals surface area contributed by atoms with Gasteiger partial charge in [0.05, 0.1) is 16.4 Å². The number of sulfonamides is 1. The zero-order chi connectivity index (χ0) is 19.6. The van der Waals surface area contributed by atoms with Crippen LogP contribution in [0.1, 0.15) is 16.1 Å².